The molecule has 0 radical (unpaired) electrons. The van der Waals surface area contributed by atoms with Gasteiger partial charge in [-0.1, -0.05) is 49.8 Å². The maximum absolute atomic E-state index is 14.5. The van der Waals surface area contributed by atoms with Gasteiger partial charge in [-0.15, -0.1) is 11.3 Å². The Kier molecular flexibility index (Phi) is 7.55. The quantitative estimate of drug-likeness (QED) is 0.410. The number of carbonyl (C=O) groups is 1. The summed E-state index contributed by atoms with van der Waals surface area (Å²) in [6.07, 6.45) is 10.8. The molecule has 0 spiro atoms. The van der Waals surface area contributed by atoms with E-state index >= 15 is 0 Å². The zero-order chi connectivity index (χ0) is 24.4. The molecule has 0 amide bonds. The molecule has 35 heavy (non-hydrogen) atoms. The summed E-state index contributed by atoms with van der Waals surface area (Å²) in [6.45, 7) is 10.8. The third-order valence-electron chi connectivity index (χ3n) is 8.35. The maximum atomic E-state index is 14.5. The highest BCUT2D eigenvalue weighted by Crippen LogP contribution is 2.44. The fourth-order valence-corrected chi connectivity index (χ4v) is 7.30. The van der Waals surface area contributed by atoms with Crippen LogP contribution in [0.1, 0.15) is 80.4 Å². The Morgan fingerprint density at radius 1 is 1.09 bits per heavy atom. The highest BCUT2D eigenvalue weighted by atomic mass is 32.1. The topological polar surface area (TPSA) is 26.3 Å². The van der Waals surface area contributed by atoms with Gasteiger partial charge in [-0.3, -0.25) is 4.79 Å². The number of thiophene rings is 1. The highest BCUT2D eigenvalue weighted by Gasteiger charge is 2.33. The van der Waals surface area contributed by atoms with Crippen molar-refractivity contribution in [1.82, 2.24) is 0 Å². The van der Waals surface area contributed by atoms with Gasteiger partial charge in [-0.2, -0.15) is 0 Å². The number of hydrogen-bond donors (Lipinski definition) is 0. The van der Waals surface area contributed by atoms with Gasteiger partial charge in [-0.25, -0.2) is 0 Å². The Balaban J connectivity index is 1.55. The van der Waals surface area contributed by atoms with E-state index in [1.165, 1.54) is 27.2 Å². The van der Waals surface area contributed by atoms with Crippen molar-refractivity contribution in [2.75, 3.05) is 13.2 Å². The van der Waals surface area contributed by atoms with E-state index in [9.17, 15) is 4.79 Å². The van der Waals surface area contributed by atoms with Gasteiger partial charge in [0, 0.05) is 29.2 Å². The fourth-order valence-electron chi connectivity index (χ4n) is 6.42. The number of aryl methyl sites for hydroxylation is 1. The number of ketones is 1. The van der Waals surface area contributed by atoms with Crippen molar-refractivity contribution >= 4 is 34.3 Å². The van der Waals surface area contributed by atoms with Crippen LogP contribution in [0.3, 0.4) is 0 Å². The van der Waals surface area contributed by atoms with E-state index in [2.05, 4.69) is 62.2 Å². The highest BCUT2D eigenvalue weighted by molar-refractivity contribution is 7.10. The molecule has 1 aliphatic heterocycles. The molecule has 1 aromatic heterocycles. The van der Waals surface area contributed by atoms with Crippen LogP contribution in [-0.4, -0.2) is 19.0 Å². The van der Waals surface area contributed by atoms with Crippen molar-refractivity contribution < 1.29 is 9.53 Å². The lowest BCUT2D eigenvalue weighted by molar-refractivity contribution is -0.111. The van der Waals surface area contributed by atoms with Gasteiger partial charge < -0.3 is 4.74 Å². The fraction of sp³-hybridized carbons (Fsp3) is 0.469. The molecule has 1 fully saturated rings. The van der Waals surface area contributed by atoms with Gasteiger partial charge in [0.15, 0.2) is 5.78 Å². The molecule has 2 aliphatic carbocycles. The van der Waals surface area contributed by atoms with Crippen LogP contribution in [0.25, 0.3) is 17.2 Å². The molecule has 2 heterocycles. The molecule has 1 aromatic carbocycles. The number of allylic oxidation sites excluding steroid dienone is 4. The van der Waals surface area contributed by atoms with E-state index in [1.807, 2.05) is 11.3 Å². The van der Waals surface area contributed by atoms with Gasteiger partial charge in [0.2, 0.25) is 0 Å². The van der Waals surface area contributed by atoms with E-state index < -0.39 is 0 Å². The number of rotatable bonds is 6. The number of carbonyl (C=O) groups excluding carboxylic acids is 1. The molecule has 3 heteroatoms. The van der Waals surface area contributed by atoms with Crippen LogP contribution in [-0.2, 0) is 16.0 Å². The summed E-state index contributed by atoms with van der Waals surface area (Å²) in [4.78, 5) is 15.9. The molecule has 0 N–H and O–H groups in total. The minimum absolute atomic E-state index is 0.243. The lowest BCUT2D eigenvalue weighted by atomic mass is 9.81. The normalized spacial score (nSPS) is 23.3. The molecule has 184 valence electrons. The molecule has 5 rings (SSSR count). The van der Waals surface area contributed by atoms with Crippen LogP contribution in [0.15, 0.2) is 53.4 Å². The zero-order valence-electron chi connectivity index (χ0n) is 21.3. The molecule has 2 aromatic rings. The Hall–Kier alpha value is -2.23. The maximum Gasteiger partial charge on any atom is 0.189 e. The van der Waals surface area contributed by atoms with Crippen LogP contribution in [0.5, 0.6) is 0 Å². The SMILES string of the molecule is C=C1c2ccccc2C(C(=O)C2=Cc3ccsc3CCC2CCC)=C(C)CC1CC1CCOCC1. The second-order valence-corrected chi connectivity index (χ2v) is 11.7. The van der Waals surface area contributed by atoms with Crippen molar-refractivity contribution in [2.45, 2.75) is 65.2 Å². The summed E-state index contributed by atoms with van der Waals surface area (Å²) >= 11 is 1.83. The molecule has 1 saturated heterocycles. The first-order chi connectivity index (χ1) is 17.1. The van der Waals surface area contributed by atoms with Crippen LogP contribution in [0, 0.1) is 17.8 Å². The lowest BCUT2D eigenvalue weighted by Gasteiger charge is -2.27. The first-order valence-corrected chi connectivity index (χ1v) is 14.3. The van der Waals surface area contributed by atoms with Crippen LogP contribution < -0.4 is 0 Å². The van der Waals surface area contributed by atoms with Gasteiger partial charge in [0.1, 0.15) is 0 Å². The molecule has 2 nitrogen and oxygen atoms in total. The molecule has 0 bridgehead atoms. The van der Waals surface area contributed by atoms with E-state index in [4.69, 9.17) is 4.74 Å². The molecular formula is C32H38O2S. The van der Waals surface area contributed by atoms with E-state index in [1.54, 1.807) is 0 Å². The standard InChI is InChI=1S/C32H38O2S/c1-4-7-24-10-11-30-25(14-17-35-30)20-29(24)32(33)31-21(2)18-26(19-23-12-15-34-16-13-23)22(3)27-8-5-6-9-28(27)31/h5-6,8-9,14,17,20,23-24,26H,3-4,7,10-13,15-16,18-19H2,1-2H3. The monoisotopic (exact) mass is 486 g/mol. The largest absolute Gasteiger partial charge is 0.381 e. The molecule has 3 aliphatic rings. The summed E-state index contributed by atoms with van der Waals surface area (Å²) in [5, 5.41) is 2.17. The van der Waals surface area contributed by atoms with Crippen molar-refractivity contribution in [2.24, 2.45) is 17.8 Å². The number of benzene rings is 1. The van der Waals surface area contributed by atoms with Crippen molar-refractivity contribution in [3.05, 3.63) is 75.0 Å². The zero-order valence-corrected chi connectivity index (χ0v) is 22.1. The molecular weight excluding hydrogens is 448 g/mol. The van der Waals surface area contributed by atoms with Gasteiger partial charge in [-0.05, 0) is 109 Å². The Morgan fingerprint density at radius 2 is 1.86 bits per heavy atom. The van der Waals surface area contributed by atoms with E-state index in [-0.39, 0.29) is 5.78 Å². The third-order valence-corrected chi connectivity index (χ3v) is 9.35. The lowest BCUT2D eigenvalue weighted by Crippen LogP contribution is -2.19. The van der Waals surface area contributed by atoms with Gasteiger partial charge >= 0.3 is 0 Å². The summed E-state index contributed by atoms with van der Waals surface area (Å²) in [5.41, 5.74) is 7.88. The Labute approximate surface area is 214 Å². The van der Waals surface area contributed by atoms with Crippen molar-refractivity contribution in [1.29, 1.82) is 0 Å². The Morgan fingerprint density at radius 3 is 2.63 bits per heavy atom. The van der Waals surface area contributed by atoms with Crippen LogP contribution in [0.4, 0.5) is 0 Å². The predicted molar refractivity (Wildman–Crippen MR) is 148 cm³/mol. The second kappa shape index (κ2) is 10.8. The number of fused-ring (bicyclic) bond motifs is 2. The molecule has 2 unspecified atom stereocenters. The van der Waals surface area contributed by atoms with E-state index in [0.29, 0.717) is 17.8 Å². The summed E-state index contributed by atoms with van der Waals surface area (Å²) in [7, 11) is 0. The van der Waals surface area contributed by atoms with Crippen LogP contribution in [0.2, 0.25) is 0 Å². The predicted octanol–water partition coefficient (Wildman–Crippen LogP) is 8.39. The number of ether oxygens (including phenoxy) is 1. The number of hydrogen-bond acceptors (Lipinski definition) is 3. The summed E-state index contributed by atoms with van der Waals surface area (Å²) < 4.78 is 5.61. The first kappa shape index (κ1) is 24.5. The van der Waals surface area contributed by atoms with Crippen molar-refractivity contribution in [3.8, 4) is 0 Å². The van der Waals surface area contributed by atoms with Crippen LogP contribution >= 0.6 is 11.3 Å². The summed E-state index contributed by atoms with van der Waals surface area (Å²) in [6, 6.07) is 10.7. The second-order valence-electron chi connectivity index (χ2n) is 10.7. The Bertz CT molecular complexity index is 1160. The molecule has 0 saturated carbocycles. The van der Waals surface area contributed by atoms with Gasteiger partial charge in [0.25, 0.3) is 0 Å². The third kappa shape index (κ3) is 5.04. The first-order valence-electron chi connectivity index (χ1n) is 13.5. The average Bonchev–Trinajstić information content (AvgIpc) is 3.20. The van der Waals surface area contributed by atoms with Crippen molar-refractivity contribution in [3.63, 3.8) is 0 Å². The summed E-state index contributed by atoms with van der Waals surface area (Å²) in [5.74, 6) is 1.62. The smallest absolute Gasteiger partial charge is 0.189 e. The minimum Gasteiger partial charge on any atom is -0.381 e. The number of Topliss-reactive ketones (excluding diaryl/α,β-unsaturated/α-hetero) is 1. The minimum atomic E-state index is 0.243. The van der Waals surface area contributed by atoms with E-state index in [0.717, 1.165) is 81.3 Å². The average molecular weight is 487 g/mol. The van der Waals surface area contributed by atoms with Gasteiger partial charge in [0.05, 0.1) is 0 Å². The molecule has 2 atom stereocenters.